The van der Waals surface area contributed by atoms with E-state index in [1.165, 1.54) is 12.8 Å². The second kappa shape index (κ2) is 8.87. The molecule has 24 heavy (non-hydrogen) atoms. The van der Waals surface area contributed by atoms with Crippen molar-refractivity contribution in [1.29, 1.82) is 0 Å². The van der Waals surface area contributed by atoms with Crippen molar-refractivity contribution in [2.45, 2.75) is 45.3 Å². The topological polar surface area (TPSA) is 67.8 Å². The van der Waals surface area contributed by atoms with E-state index in [1.807, 2.05) is 18.3 Å². The Hall–Kier alpha value is -1.82. The van der Waals surface area contributed by atoms with Gasteiger partial charge in [0.05, 0.1) is 19.3 Å². The summed E-state index contributed by atoms with van der Waals surface area (Å²) >= 11 is 0. The van der Waals surface area contributed by atoms with Gasteiger partial charge in [-0.2, -0.15) is 0 Å². The van der Waals surface area contributed by atoms with Crippen molar-refractivity contribution in [3.8, 4) is 5.88 Å². The molecule has 2 fully saturated rings. The molecule has 0 bridgehead atoms. The van der Waals surface area contributed by atoms with Gasteiger partial charge in [-0.15, -0.1) is 0 Å². The lowest BCUT2D eigenvalue weighted by Crippen LogP contribution is -2.41. The molecule has 2 N–H and O–H groups in total. The summed E-state index contributed by atoms with van der Waals surface area (Å²) in [7, 11) is 0. The molecule has 2 heterocycles. The maximum Gasteiger partial charge on any atom is 0.213 e. The quantitative estimate of drug-likeness (QED) is 0.564. The van der Waals surface area contributed by atoms with Crippen LogP contribution < -0.4 is 15.4 Å². The van der Waals surface area contributed by atoms with Gasteiger partial charge < -0.3 is 20.1 Å². The minimum atomic E-state index is 0.304. The molecule has 1 aliphatic carbocycles. The van der Waals surface area contributed by atoms with Gasteiger partial charge in [0, 0.05) is 32.0 Å². The molecule has 0 amide bonds. The summed E-state index contributed by atoms with van der Waals surface area (Å²) in [5.74, 6) is 2.27. The van der Waals surface area contributed by atoms with E-state index in [0.29, 0.717) is 18.5 Å². The minimum Gasteiger partial charge on any atom is -0.477 e. The van der Waals surface area contributed by atoms with Crippen LogP contribution in [-0.2, 0) is 11.3 Å². The molecule has 1 atom stereocenters. The lowest BCUT2D eigenvalue weighted by Gasteiger charge is -2.14. The molecule has 6 nitrogen and oxygen atoms in total. The van der Waals surface area contributed by atoms with E-state index in [0.717, 1.165) is 56.6 Å². The molecule has 1 aliphatic heterocycles. The Morgan fingerprint density at radius 3 is 2.92 bits per heavy atom. The van der Waals surface area contributed by atoms with Crippen molar-refractivity contribution in [2.24, 2.45) is 10.9 Å². The molecule has 0 spiro atoms. The van der Waals surface area contributed by atoms with Crippen LogP contribution >= 0.6 is 0 Å². The first-order chi connectivity index (χ1) is 11.8. The van der Waals surface area contributed by atoms with E-state index in [1.54, 1.807) is 0 Å². The molecule has 6 heteroatoms. The Morgan fingerprint density at radius 2 is 2.25 bits per heavy atom. The summed E-state index contributed by atoms with van der Waals surface area (Å²) < 4.78 is 11.3. The van der Waals surface area contributed by atoms with Crippen LogP contribution in [0, 0.1) is 5.92 Å². The van der Waals surface area contributed by atoms with E-state index in [4.69, 9.17) is 9.47 Å². The van der Waals surface area contributed by atoms with Gasteiger partial charge in [-0.05, 0) is 44.1 Å². The van der Waals surface area contributed by atoms with E-state index in [9.17, 15) is 0 Å². The first-order valence-electron chi connectivity index (χ1n) is 9.05. The molecule has 1 saturated carbocycles. The molecule has 0 aromatic carbocycles. The second-order valence-corrected chi connectivity index (χ2v) is 6.47. The summed E-state index contributed by atoms with van der Waals surface area (Å²) in [4.78, 5) is 8.98. The number of hydrogen-bond donors (Lipinski definition) is 2. The summed E-state index contributed by atoms with van der Waals surface area (Å²) in [6.07, 6.45) is 7.01. The number of guanidine groups is 1. The van der Waals surface area contributed by atoms with Crippen LogP contribution in [0.3, 0.4) is 0 Å². The van der Waals surface area contributed by atoms with Crippen molar-refractivity contribution in [2.75, 3.05) is 26.3 Å². The number of rotatable bonds is 8. The second-order valence-electron chi connectivity index (χ2n) is 6.47. The van der Waals surface area contributed by atoms with Crippen LogP contribution in [0.25, 0.3) is 0 Å². The fourth-order valence-corrected chi connectivity index (χ4v) is 2.61. The number of nitrogens with one attached hydrogen (secondary N) is 2. The SMILES string of the molecule is CCNC(=NCc1ccc(OCC2CC2)nc1)NCC1CCCO1. The zero-order valence-corrected chi connectivity index (χ0v) is 14.5. The Balaban J connectivity index is 1.46. The largest absolute Gasteiger partial charge is 0.477 e. The van der Waals surface area contributed by atoms with Crippen molar-refractivity contribution in [3.63, 3.8) is 0 Å². The Morgan fingerprint density at radius 1 is 1.33 bits per heavy atom. The lowest BCUT2D eigenvalue weighted by atomic mass is 10.2. The van der Waals surface area contributed by atoms with Crippen LogP contribution in [0.4, 0.5) is 0 Å². The number of nitrogens with zero attached hydrogens (tertiary/aromatic N) is 2. The third-order valence-electron chi connectivity index (χ3n) is 4.25. The predicted octanol–water partition coefficient (Wildman–Crippen LogP) is 2.10. The molecular weight excluding hydrogens is 304 g/mol. The van der Waals surface area contributed by atoms with Crippen molar-refractivity contribution < 1.29 is 9.47 Å². The third-order valence-corrected chi connectivity index (χ3v) is 4.25. The van der Waals surface area contributed by atoms with Crippen LogP contribution in [0.2, 0.25) is 0 Å². The maximum absolute atomic E-state index is 5.66. The van der Waals surface area contributed by atoms with E-state index >= 15 is 0 Å². The van der Waals surface area contributed by atoms with Gasteiger partial charge >= 0.3 is 0 Å². The maximum atomic E-state index is 5.66. The number of hydrogen-bond acceptors (Lipinski definition) is 4. The predicted molar refractivity (Wildman–Crippen MR) is 94.2 cm³/mol. The molecule has 1 saturated heterocycles. The zero-order valence-electron chi connectivity index (χ0n) is 14.5. The van der Waals surface area contributed by atoms with Gasteiger partial charge in [0.1, 0.15) is 0 Å². The van der Waals surface area contributed by atoms with Crippen LogP contribution in [0.15, 0.2) is 23.3 Å². The van der Waals surface area contributed by atoms with Gasteiger partial charge in [-0.25, -0.2) is 9.98 Å². The molecule has 1 aromatic heterocycles. The molecule has 3 rings (SSSR count). The average Bonchev–Trinajstić information content (AvgIpc) is 3.30. The number of ether oxygens (including phenoxy) is 2. The Labute approximate surface area is 144 Å². The first-order valence-corrected chi connectivity index (χ1v) is 9.05. The standard InChI is InChI=1S/C18H28N4O2/c1-2-19-18(22-12-16-4-3-9-23-16)21-11-15-7-8-17(20-10-15)24-13-14-5-6-14/h7-8,10,14,16H,2-6,9,11-13H2,1H3,(H2,19,21,22). The summed E-state index contributed by atoms with van der Waals surface area (Å²) in [5, 5.41) is 6.62. The highest BCUT2D eigenvalue weighted by Crippen LogP contribution is 2.29. The highest BCUT2D eigenvalue weighted by Gasteiger charge is 2.22. The lowest BCUT2D eigenvalue weighted by molar-refractivity contribution is 0.114. The number of aliphatic imine (C=N–C) groups is 1. The molecule has 1 unspecified atom stereocenters. The normalized spacial score (nSPS) is 20.9. The van der Waals surface area contributed by atoms with E-state index in [2.05, 4.69) is 27.5 Å². The highest BCUT2D eigenvalue weighted by molar-refractivity contribution is 5.79. The van der Waals surface area contributed by atoms with Crippen molar-refractivity contribution in [3.05, 3.63) is 23.9 Å². The Bertz CT molecular complexity index is 522. The number of pyridine rings is 1. The highest BCUT2D eigenvalue weighted by atomic mass is 16.5. The first kappa shape index (κ1) is 17.0. The van der Waals surface area contributed by atoms with Gasteiger partial charge in [-0.3, -0.25) is 0 Å². The zero-order chi connectivity index (χ0) is 16.6. The molecule has 0 radical (unpaired) electrons. The summed E-state index contributed by atoms with van der Waals surface area (Å²) in [5.41, 5.74) is 1.07. The molecular formula is C18H28N4O2. The summed E-state index contributed by atoms with van der Waals surface area (Å²) in [6.45, 7) is 5.97. The average molecular weight is 332 g/mol. The summed E-state index contributed by atoms with van der Waals surface area (Å²) in [6, 6.07) is 3.96. The smallest absolute Gasteiger partial charge is 0.213 e. The van der Waals surface area contributed by atoms with Crippen LogP contribution in [-0.4, -0.2) is 43.4 Å². The fourth-order valence-electron chi connectivity index (χ4n) is 2.61. The fraction of sp³-hybridized carbons (Fsp3) is 0.667. The molecule has 1 aromatic rings. The Kier molecular flexibility index (Phi) is 6.29. The van der Waals surface area contributed by atoms with Crippen LogP contribution in [0.1, 0.15) is 38.2 Å². The van der Waals surface area contributed by atoms with Gasteiger partial charge in [0.25, 0.3) is 0 Å². The molecule has 2 aliphatic rings. The van der Waals surface area contributed by atoms with E-state index in [-0.39, 0.29) is 0 Å². The van der Waals surface area contributed by atoms with Gasteiger partial charge in [0.15, 0.2) is 5.96 Å². The molecule has 132 valence electrons. The number of aromatic nitrogens is 1. The monoisotopic (exact) mass is 332 g/mol. The van der Waals surface area contributed by atoms with Gasteiger partial charge in [-0.1, -0.05) is 6.07 Å². The van der Waals surface area contributed by atoms with Crippen molar-refractivity contribution >= 4 is 5.96 Å². The van der Waals surface area contributed by atoms with Crippen LogP contribution in [0.5, 0.6) is 5.88 Å². The minimum absolute atomic E-state index is 0.304. The van der Waals surface area contributed by atoms with Gasteiger partial charge in [0.2, 0.25) is 5.88 Å². The van der Waals surface area contributed by atoms with E-state index < -0.39 is 0 Å². The van der Waals surface area contributed by atoms with Crippen molar-refractivity contribution in [1.82, 2.24) is 15.6 Å². The third kappa shape index (κ3) is 5.67.